The molecule has 20 heavy (non-hydrogen) atoms. The molecule has 6 heteroatoms. The Morgan fingerprint density at radius 3 is 2.65 bits per heavy atom. The molecule has 2 rings (SSSR count). The molecule has 0 aliphatic rings. The number of methoxy groups -OCH3 is 1. The molecule has 0 saturated carbocycles. The monoisotopic (exact) mass is 274 g/mol. The van der Waals surface area contributed by atoms with Gasteiger partial charge < -0.3 is 19.8 Å². The second kappa shape index (κ2) is 6.42. The average molecular weight is 274 g/mol. The number of H-pyrrole nitrogens is 1. The summed E-state index contributed by atoms with van der Waals surface area (Å²) in [6.07, 6.45) is 1.49. The van der Waals surface area contributed by atoms with E-state index in [9.17, 15) is 9.59 Å². The summed E-state index contributed by atoms with van der Waals surface area (Å²) in [4.78, 5) is 25.5. The first-order valence-corrected chi connectivity index (χ1v) is 5.93. The van der Waals surface area contributed by atoms with Crippen LogP contribution in [0.2, 0.25) is 0 Å². The van der Waals surface area contributed by atoms with Crippen LogP contribution >= 0.6 is 0 Å². The van der Waals surface area contributed by atoms with Gasteiger partial charge in [-0.05, 0) is 36.4 Å². The minimum atomic E-state index is -0.371. The van der Waals surface area contributed by atoms with Crippen LogP contribution in [0.25, 0.3) is 0 Å². The van der Waals surface area contributed by atoms with Gasteiger partial charge in [0.15, 0.2) is 12.4 Å². The predicted molar refractivity (Wildman–Crippen MR) is 74.2 cm³/mol. The summed E-state index contributed by atoms with van der Waals surface area (Å²) in [5.74, 6) is 0.464. The minimum Gasteiger partial charge on any atom is -0.497 e. The Bertz CT molecular complexity index is 634. The lowest BCUT2D eigenvalue weighted by molar-refractivity contribution is -0.118. The van der Waals surface area contributed by atoms with Crippen molar-refractivity contribution in [1.29, 1.82) is 0 Å². The second-order valence-electron chi connectivity index (χ2n) is 3.93. The standard InChI is InChI=1S/C14H14N2O4/c1-19-11-6-4-10(5-7-11)16-13(17)9-20-12-3-2-8-15-14(12)18/h2-8H,9H2,1H3,(H,15,18)(H,16,17). The highest BCUT2D eigenvalue weighted by Crippen LogP contribution is 2.14. The third kappa shape index (κ3) is 3.61. The first kappa shape index (κ1) is 13.7. The van der Waals surface area contributed by atoms with Crippen LogP contribution in [0.1, 0.15) is 0 Å². The van der Waals surface area contributed by atoms with Gasteiger partial charge in [0.2, 0.25) is 0 Å². The number of aromatic amines is 1. The molecule has 2 N–H and O–H groups in total. The molecule has 1 aromatic carbocycles. The number of ether oxygens (including phenoxy) is 2. The topological polar surface area (TPSA) is 80.4 Å². The van der Waals surface area contributed by atoms with Crippen molar-refractivity contribution in [1.82, 2.24) is 4.98 Å². The molecule has 1 amide bonds. The molecule has 0 spiro atoms. The molecule has 1 heterocycles. The molecule has 0 fully saturated rings. The van der Waals surface area contributed by atoms with Crippen LogP contribution in [0.3, 0.4) is 0 Å². The summed E-state index contributed by atoms with van der Waals surface area (Å²) in [7, 11) is 1.57. The molecular weight excluding hydrogens is 260 g/mol. The van der Waals surface area contributed by atoms with Gasteiger partial charge in [0, 0.05) is 11.9 Å². The lowest BCUT2D eigenvalue weighted by Crippen LogP contribution is -2.22. The van der Waals surface area contributed by atoms with Crippen LogP contribution in [-0.2, 0) is 4.79 Å². The van der Waals surface area contributed by atoms with Gasteiger partial charge in [-0.3, -0.25) is 9.59 Å². The zero-order valence-corrected chi connectivity index (χ0v) is 10.9. The highest BCUT2D eigenvalue weighted by atomic mass is 16.5. The molecule has 0 bridgehead atoms. The number of anilines is 1. The molecule has 0 unspecified atom stereocenters. The molecule has 0 saturated heterocycles. The first-order valence-electron chi connectivity index (χ1n) is 5.93. The third-order valence-corrected chi connectivity index (χ3v) is 2.51. The Morgan fingerprint density at radius 2 is 2.00 bits per heavy atom. The maximum atomic E-state index is 11.7. The van der Waals surface area contributed by atoms with Crippen LogP contribution < -0.4 is 20.3 Å². The Kier molecular flexibility index (Phi) is 4.39. The highest BCUT2D eigenvalue weighted by Gasteiger charge is 2.05. The van der Waals surface area contributed by atoms with Crippen molar-refractivity contribution in [3.05, 3.63) is 52.9 Å². The van der Waals surface area contributed by atoms with Gasteiger partial charge >= 0.3 is 0 Å². The third-order valence-electron chi connectivity index (χ3n) is 2.51. The maximum Gasteiger partial charge on any atom is 0.290 e. The number of hydrogen-bond acceptors (Lipinski definition) is 4. The van der Waals surface area contributed by atoms with Crippen LogP contribution in [0.4, 0.5) is 5.69 Å². The van der Waals surface area contributed by atoms with Crippen molar-refractivity contribution in [2.45, 2.75) is 0 Å². The molecule has 0 aliphatic carbocycles. The van der Waals surface area contributed by atoms with E-state index in [-0.39, 0.29) is 23.8 Å². The molecule has 2 aromatic rings. The van der Waals surface area contributed by atoms with Gasteiger partial charge in [-0.1, -0.05) is 0 Å². The number of hydrogen-bond donors (Lipinski definition) is 2. The van der Waals surface area contributed by atoms with Crippen molar-refractivity contribution in [2.75, 3.05) is 19.0 Å². The minimum absolute atomic E-state index is 0.109. The smallest absolute Gasteiger partial charge is 0.290 e. The lowest BCUT2D eigenvalue weighted by Gasteiger charge is -2.07. The Labute approximate surface area is 115 Å². The van der Waals surface area contributed by atoms with E-state index >= 15 is 0 Å². The van der Waals surface area contributed by atoms with E-state index in [2.05, 4.69) is 10.3 Å². The highest BCUT2D eigenvalue weighted by molar-refractivity contribution is 5.91. The molecular formula is C14H14N2O4. The molecule has 0 radical (unpaired) electrons. The van der Waals surface area contributed by atoms with Gasteiger partial charge in [0.05, 0.1) is 7.11 Å². The van der Waals surface area contributed by atoms with Gasteiger partial charge in [-0.25, -0.2) is 0 Å². The average Bonchev–Trinajstić information content (AvgIpc) is 2.47. The summed E-state index contributed by atoms with van der Waals surface area (Å²) in [6, 6.07) is 10.0. The Hall–Kier alpha value is -2.76. The number of aromatic nitrogens is 1. The van der Waals surface area contributed by atoms with E-state index in [1.165, 1.54) is 12.3 Å². The summed E-state index contributed by atoms with van der Waals surface area (Å²) >= 11 is 0. The predicted octanol–water partition coefficient (Wildman–Crippen LogP) is 1.40. The van der Waals surface area contributed by atoms with E-state index in [0.717, 1.165) is 0 Å². The van der Waals surface area contributed by atoms with Crippen molar-refractivity contribution in [2.24, 2.45) is 0 Å². The fourth-order valence-electron chi connectivity index (χ4n) is 1.53. The fraction of sp³-hybridized carbons (Fsp3) is 0.143. The van der Waals surface area contributed by atoms with E-state index in [1.54, 1.807) is 37.4 Å². The first-order chi connectivity index (χ1) is 9.69. The van der Waals surface area contributed by atoms with Gasteiger partial charge in [0.1, 0.15) is 5.75 Å². The molecule has 1 aromatic heterocycles. The Morgan fingerprint density at radius 1 is 1.25 bits per heavy atom. The van der Waals surface area contributed by atoms with Crippen LogP contribution in [0.15, 0.2) is 47.4 Å². The zero-order valence-electron chi connectivity index (χ0n) is 10.9. The normalized spacial score (nSPS) is 9.85. The molecule has 104 valence electrons. The summed E-state index contributed by atoms with van der Waals surface area (Å²) in [6.45, 7) is -0.237. The number of carbonyl (C=O) groups is 1. The van der Waals surface area contributed by atoms with E-state index in [0.29, 0.717) is 11.4 Å². The van der Waals surface area contributed by atoms with Crippen molar-refractivity contribution < 1.29 is 14.3 Å². The number of benzene rings is 1. The zero-order chi connectivity index (χ0) is 14.4. The van der Waals surface area contributed by atoms with E-state index < -0.39 is 0 Å². The van der Waals surface area contributed by atoms with Crippen molar-refractivity contribution in [3.63, 3.8) is 0 Å². The van der Waals surface area contributed by atoms with Gasteiger partial charge in [-0.15, -0.1) is 0 Å². The SMILES string of the molecule is COc1ccc(NC(=O)COc2ccc[nH]c2=O)cc1. The number of amides is 1. The van der Waals surface area contributed by atoms with Crippen molar-refractivity contribution in [3.8, 4) is 11.5 Å². The van der Waals surface area contributed by atoms with Crippen LogP contribution in [0.5, 0.6) is 11.5 Å². The molecule has 0 atom stereocenters. The van der Waals surface area contributed by atoms with Crippen molar-refractivity contribution >= 4 is 11.6 Å². The molecule has 0 aliphatic heterocycles. The number of nitrogens with one attached hydrogen (secondary N) is 2. The largest absolute Gasteiger partial charge is 0.497 e. The quantitative estimate of drug-likeness (QED) is 0.863. The maximum absolute atomic E-state index is 11.7. The second-order valence-corrected chi connectivity index (χ2v) is 3.93. The summed E-state index contributed by atoms with van der Waals surface area (Å²) in [5, 5.41) is 2.65. The molecule has 6 nitrogen and oxygen atoms in total. The number of rotatable bonds is 5. The Balaban J connectivity index is 1.89. The number of pyridine rings is 1. The lowest BCUT2D eigenvalue weighted by atomic mass is 10.3. The fourth-order valence-corrected chi connectivity index (χ4v) is 1.53. The number of carbonyl (C=O) groups excluding carboxylic acids is 1. The van der Waals surface area contributed by atoms with Crippen LogP contribution in [0, 0.1) is 0 Å². The van der Waals surface area contributed by atoms with E-state index in [4.69, 9.17) is 9.47 Å². The summed E-state index contributed by atoms with van der Waals surface area (Å²) < 4.78 is 10.2. The summed E-state index contributed by atoms with van der Waals surface area (Å²) in [5.41, 5.74) is 0.256. The van der Waals surface area contributed by atoms with E-state index in [1.807, 2.05) is 0 Å². The van der Waals surface area contributed by atoms with Gasteiger partial charge in [-0.2, -0.15) is 0 Å². The van der Waals surface area contributed by atoms with Gasteiger partial charge in [0.25, 0.3) is 11.5 Å². The van der Waals surface area contributed by atoms with Crippen LogP contribution in [-0.4, -0.2) is 24.6 Å².